The first-order valence-electron chi connectivity index (χ1n) is 15.1. The van der Waals surface area contributed by atoms with Gasteiger partial charge in [0, 0.05) is 35.8 Å². The van der Waals surface area contributed by atoms with Crippen LogP contribution in [-0.2, 0) is 0 Å². The third-order valence-corrected chi connectivity index (χ3v) is 8.15. The fraction of sp³-hybridized carbons (Fsp3) is 0.594. The molecule has 0 atom stereocenters. The Morgan fingerprint density at radius 2 is 1.31 bits per heavy atom. The number of hydrogen-bond acceptors (Lipinski definition) is 7. The summed E-state index contributed by atoms with van der Waals surface area (Å²) in [6.45, 7) is 10.6. The van der Waals surface area contributed by atoms with Gasteiger partial charge < -0.3 is 29.7 Å². The predicted octanol–water partition coefficient (Wildman–Crippen LogP) is 5.78. The summed E-state index contributed by atoms with van der Waals surface area (Å²) in [5.41, 5.74) is 9.66. The largest absolute Gasteiger partial charge is 0.493 e. The lowest BCUT2D eigenvalue weighted by atomic mass is 10.0. The molecule has 0 bridgehead atoms. The number of nitrogen functional groups attached to an aromatic ring is 1. The molecule has 2 aromatic carbocycles. The van der Waals surface area contributed by atoms with Crippen LogP contribution >= 0.6 is 0 Å². The van der Waals surface area contributed by atoms with Crippen LogP contribution in [0.2, 0.25) is 0 Å². The van der Waals surface area contributed by atoms with Crippen LogP contribution in [0.5, 0.6) is 17.2 Å². The van der Waals surface area contributed by atoms with Crippen molar-refractivity contribution in [1.82, 2.24) is 9.80 Å². The number of hydrogen-bond donors (Lipinski definition) is 1. The van der Waals surface area contributed by atoms with E-state index in [4.69, 9.17) is 19.9 Å². The summed E-state index contributed by atoms with van der Waals surface area (Å²) in [6, 6.07) is 7.58. The smallest absolute Gasteiger partial charge is 0.196 e. The molecule has 0 amide bonds. The number of carbonyl (C=O) groups is 1. The Morgan fingerprint density at radius 1 is 0.718 bits per heavy atom. The fourth-order valence-corrected chi connectivity index (χ4v) is 6.12. The molecule has 2 saturated heterocycles. The van der Waals surface area contributed by atoms with Gasteiger partial charge in [-0.3, -0.25) is 4.79 Å². The number of benzene rings is 2. The van der Waals surface area contributed by atoms with Crippen molar-refractivity contribution < 1.29 is 19.0 Å². The Labute approximate surface area is 233 Å². The lowest BCUT2D eigenvalue weighted by molar-refractivity contribution is 0.104. The molecule has 5 rings (SSSR count). The van der Waals surface area contributed by atoms with Crippen LogP contribution in [-0.4, -0.2) is 74.7 Å². The maximum Gasteiger partial charge on any atom is 0.196 e. The second-order valence-electron chi connectivity index (χ2n) is 11.1. The van der Waals surface area contributed by atoms with Crippen LogP contribution in [0, 0.1) is 0 Å². The van der Waals surface area contributed by atoms with Crippen molar-refractivity contribution in [3.63, 3.8) is 0 Å². The highest BCUT2D eigenvalue weighted by molar-refractivity contribution is 6.26. The van der Waals surface area contributed by atoms with E-state index in [-0.39, 0.29) is 5.78 Å². The van der Waals surface area contributed by atoms with Crippen molar-refractivity contribution in [2.24, 2.45) is 0 Å². The number of rotatable bonds is 13. The third-order valence-electron chi connectivity index (χ3n) is 8.15. The zero-order valence-corrected chi connectivity index (χ0v) is 23.6. The van der Waals surface area contributed by atoms with Crippen LogP contribution in [0.25, 0.3) is 11.1 Å². The Kier molecular flexibility index (Phi) is 9.64. The minimum absolute atomic E-state index is 0.0867. The van der Waals surface area contributed by atoms with E-state index in [2.05, 4.69) is 16.7 Å². The number of piperidine rings is 2. The van der Waals surface area contributed by atoms with Crippen LogP contribution in [0.3, 0.4) is 0 Å². The van der Waals surface area contributed by atoms with Gasteiger partial charge in [-0.15, -0.1) is 0 Å². The standard InChI is InChI=1S/C32H45N3O4/c1-2-20-37-26-23-27(39-22-11-19-35-16-7-4-8-17-35)31(33)30-29(26)28-24(32(30)36)12-9-13-25(28)38-21-10-18-34-14-5-3-6-15-34/h9,12-13,23H,2-8,10-11,14-22,33H2,1H3. The molecule has 0 unspecified atom stereocenters. The van der Waals surface area contributed by atoms with Gasteiger partial charge in [-0.2, -0.15) is 0 Å². The molecule has 2 fully saturated rings. The van der Waals surface area contributed by atoms with E-state index in [1.54, 1.807) is 0 Å². The Bertz CT molecular complexity index is 1120. The zero-order valence-electron chi connectivity index (χ0n) is 23.6. The van der Waals surface area contributed by atoms with Crippen molar-refractivity contribution in [2.45, 2.75) is 64.7 Å². The summed E-state index contributed by atoms with van der Waals surface area (Å²) >= 11 is 0. The Morgan fingerprint density at radius 3 is 1.92 bits per heavy atom. The number of ketones is 1. The number of anilines is 1. The average molecular weight is 536 g/mol. The molecule has 3 aliphatic rings. The van der Waals surface area contributed by atoms with Crippen molar-refractivity contribution in [3.8, 4) is 28.4 Å². The van der Waals surface area contributed by atoms with Crippen LogP contribution in [0.1, 0.15) is 80.6 Å². The van der Waals surface area contributed by atoms with Gasteiger partial charge >= 0.3 is 0 Å². The van der Waals surface area contributed by atoms with Gasteiger partial charge in [0.1, 0.15) is 17.2 Å². The summed E-state index contributed by atoms with van der Waals surface area (Å²) in [7, 11) is 0. The molecule has 1 aliphatic carbocycles. The van der Waals surface area contributed by atoms with Gasteiger partial charge in [-0.1, -0.05) is 31.9 Å². The summed E-state index contributed by atoms with van der Waals surface area (Å²) in [5, 5.41) is 0. The van der Waals surface area contributed by atoms with E-state index in [1.165, 1.54) is 64.7 Å². The highest BCUT2D eigenvalue weighted by Crippen LogP contribution is 2.52. The van der Waals surface area contributed by atoms with E-state index in [1.807, 2.05) is 24.3 Å². The van der Waals surface area contributed by atoms with Gasteiger partial charge in [0.2, 0.25) is 0 Å². The van der Waals surface area contributed by atoms with Gasteiger partial charge in [-0.05, 0) is 77.2 Å². The lowest BCUT2D eigenvalue weighted by Gasteiger charge is -2.26. The predicted molar refractivity (Wildman–Crippen MR) is 156 cm³/mol. The normalized spacial score (nSPS) is 17.6. The van der Waals surface area contributed by atoms with Crippen LogP contribution < -0.4 is 19.9 Å². The molecule has 2 N–H and O–H groups in total. The molecule has 0 radical (unpaired) electrons. The zero-order chi connectivity index (χ0) is 27.0. The molecule has 39 heavy (non-hydrogen) atoms. The summed E-state index contributed by atoms with van der Waals surface area (Å²) in [5.74, 6) is 1.80. The molecule has 0 aromatic heterocycles. The first-order valence-corrected chi connectivity index (χ1v) is 15.1. The van der Waals surface area contributed by atoms with E-state index < -0.39 is 0 Å². The first kappa shape index (κ1) is 27.8. The number of fused-ring (bicyclic) bond motifs is 3. The number of likely N-dealkylation sites (tertiary alicyclic amines) is 2. The second-order valence-corrected chi connectivity index (χ2v) is 11.1. The maximum atomic E-state index is 13.7. The van der Waals surface area contributed by atoms with E-state index >= 15 is 0 Å². The van der Waals surface area contributed by atoms with Crippen molar-refractivity contribution >= 4 is 11.5 Å². The molecule has 2 heterocycles. The first-order chi connectivity index (χ1) is 19.2. The number of nitrogens with zero attached hydrogens (tertiary/aromatic N) is 2. The molecule has 2 aromatic rings. The van der Waals surface area contributed by atoms with Gasteiger partial charge in [-0.25, -0.2) is 0 Å². The number of nitrogens with two attached hydrogens (primary N) is 1. The highest BCUT2D eigenvalue weighted by atomic mass is 16.5. The summed E-state index contributed by atoms with van der Waals surface area (Å²) < 4.78 is 18.7. The molecule has 2 aliphatic heterocycles. The van der Waals surface area contributed by atoms with E-state index in [0.29, 0.717) is 53.9 Å². The van der Waals surface area contributed by atoms with Crippen molar-refractivity contribution in [2.75, 3.05) is 64.8 Å². The second kappa shape index (κ2) is 13.5. The molecule has 7 heteroatoms. The summed E-state index contributed by atoms with van der Waals surface area (Å²) in [4.78, 5) is 18.7. The van der Waals surface area contributed by atoms with Crippen molar-refractivity contribution in [1.29, 1.82) is 0 Å². The SMILES string of the molecule is CCCOc1cc(OCCCN2CCCCC2)c(N)c2c1-c1c(OCCCN3CCCCC3)cccc1C2=O. The van der Waals surface area contributed by atoms with E-state index in [0.717, 1.165) is 43.5 Å². The molecule has 0 spiro atoms. The van der Waals surface area contributed by atoms with Crippen LogP contribution in [0.15, 0.2) is 24.3 Å². The topological polar surface area (TPSA) is 77.3 Å². The highest BCUT2D eigenvalue weighted by Gasteiger charge is 2.36. The van der Waals surface area contributed by atoms with Crippen LogP contribution in [0.4, 0.5) is 5.69 Å². The van der Waals surface area contributed by atoms with Gasteiger partial charge in [0.25, 0.3) is 0 Å². The Balaban J connectivity index is 1.32. The lowest BCUT2D eigenvalue weighted by Crippen LogP contribution is -2.31. The molecular weight excluding hydrogens is 490 g/mol. The molecule has 0 saturated carbocycles. The average Bonchev–Trinajstić information content (AvgIpc) is 3.28. The third kappa shape index (κ3) is 6.52. The quantitative estimate of drug-likeness (QED) is 0.220. The minimum atomic E-state index is -0.0867. The molecule has 7 nitrogen and oxygen atoms in total. The Hall–Kier alpha value is -2.77. The number of ether oxygens (including phenoxy) is 3. The number of carbonyl (C=O) groups excluding carboxylic acids is 1. The fourth-order valence-electron chi connectivity index (χ4n) is 6.12. The van der Waals surface area contributed by atoms with Gasteiger partial charge in [0.05, 0.1) is 31.1 Å². The van der Waals surface area contributed by atoms with E-state index in [9.17, 15) is 4.79 Å². The molecule has 212 valence electrons. The minimum Gasteiger partial charge on any atom is -0.493 e. The summed E-state index contributed by atoms with van der Waals surface area (Å²) in [6.07, 6.45) is 10.6. The van der Waals surface area contributed by atoms with Gasteiger partial charge in [0.15, 0.2) is 5.78 Å². The molecular formula is C32H45N3O4. The monoisotopic (exact) mass is 535 g/mol. The van der Waals surface area contributed by atoms with Crippen molar-refractivity contribution in [3.05, 3.63) is 35.4 Å². The maximum absolute atomic E-state index is 13.7.